The second-order valence-electron chi connectivity index (χ2n) is 8.03. The highest BCUT2D eigenvalue weighted by atomic mass is 16.5. The third kappa shape index (κ3) is 4.83. The average Bonchev–Trinajstić information content (AvgIpc) is 3.46. The van der Waals surface area contributed by atoms with E-state index in [1.807, 2.05) is 0 Å². The number of hydrogen-bond donors (Lipinski definition) is 3. The smallest absolute Gasteiger partial charge is 0.277 e. The van der Waals surface area contributed by atoms with Crippen molar-refractivity contribution < 1.29 is 14.1 Å². The molecule has 1 aliphatic carbocycles. The van der Waals surface area contributed by atoms with Gasteiger partial charge in [0.25, 0.3) is 5.91 Å². The number of carbonyl (C=O) groups excluding carboxylic acids is 2. The van der Waals surface area contributed by atoms with Gasteiger partial charge in [0.15, 0.2) is 5.69 Å². The first-order valence-electron chi connectivity index (χ1n) is 10.1. The monoisotopic (exact) mass is 397 g/mol. The summed E-state index contributed by atoms with van der Waals surface area (Å²) in [5.41, 5.74) is 7.71. The van der Waals surface area contributed by atoms with Crippen LogP contribution in [0.5, 0.6) is 0 Å². The molecule has 4 N–H and O–H groups in total. The third-order valence-electron chi connectivity index (χ3n) is 5.62. The van der Waals surface area contributed by atoms with Crippen molar-refractivity contribution in [3.05, 3.63) is 47.3 Å². The van der Waals surface area contributed by atoms with Gasteiger partial charge in [0.1, 0.15) is 11.8 Å². The van der Waals surface area contributed by atoms with Crippen molar-refractivity contribution >= 4 is 17.5 Å². The highest BCUT2D eigenvalue weighted by Gasteiger charge is 2.29. The summed E-state index contributed by atoms with van der Waals surface area (Å²) in [5.74, 6) is 0.682. The molecule has 8 nitrogen and oxygen atoms in total. The van der Waals surface area contributed by atoms with Gasteiger partial charge >= 0.3 is 0 Å². The molecule has 1 atom stereocenters. The SMILES string of the molecule is CN1CCC(NC(=O)C(N)c2ccc(NC(=O)c3cc(C4CC4)on3)cc2)CC1. The topological polar surface area (TPSA) is 113 Å². The van der Waals surface area contributed by atoms with Gasteiger partial charge < -0.3 is 25.8 Å². The molecule has 1 saturated carbocycles. The Bertz CT molecular complexity index is 867. The lowest BCUT2D eigenvalue weighted by atomic mass is 10.0. The molecule has 1 saturated heterocycles. The van der Waals surface area contributed by atoms with Crippen molar-refractivity contribution in [1.29, 1.82) is 0 Å². The average molecular weight is 397 g/mol. The molecular formula is C21H27N5O3. The fourth-order valence-corrected chi connectivity index (χ4v) is 3.52. The summed E-state index contributed by atoms with van der Waals surface area (Å²) in [7, 11) is 2.08. The highest BCUT2D eigenvalue weighted by Crippen LogP contribution is 2.40. The van der Waals surface area contributed by atoms with Crippen LogP contribution in [0.3, 0.4) is 0 Å². The van der Waals surface area contributed by atoms with Crippen LogP contribution < -0.4 is 16.4 Å². The second kappa shape index (κ2) is 8.34. The Hall–Kier alpha value is -2.71. The zero-order valence-corrected chi connectivity index (χ0v) is 16.6. The Balaban J connectivity index is 1.31. The van der Waals surface area contributed by atoms with Crippen LogP contribution in [-0.2, 0) is 4.79 Å². The van der Waals surface area contributed by atoms with Crippen molar-refractivity contribution in [2.75, 3.05) is 25.5 Å². The highest BCUT2D eigenvalue weighted by molar-refractivity contribution is 6.02. The minimum Gasteiger partial charge on any atom is -0.360 e. The Kier molecular flexibility index (Phi) is 5.64. The van der Waals surface area contributed by atoms with E-state index >= 15 is 0 Å². The maximum atomic E-state index is 12.5. The number of hydrogen-bond acceptors (Lipinski definition) is 6. The number of likely N-dealkylation sites (tertiary alicyclic amines) is 1. The van der Waals surface area contributed by atoms with Crippen molar-refractivity contribution in [3.8, 4) is 0 Å². The fourth-order valence-electron chi connectivity index (χ4n) is 3.52. The molecule has 2 heterocycles. The molecule has 4 rings (SSSR count). The second-order valence-corrected chi connectivity index (χ2v) is 8.03. The van der Waals surface area contributed by atoms with Gasteiger partial charge in [0.05, 0.1) is 0 Å². The number of rotatable bonds is 6. The van der Waals surface area contributed by atoms with Crippen molar-refractivity contribution in [3.63, 3.8) is 0 Å². The molecular weight excluding hydrogens is 370 g/mol. The van der Waals surface area contributed by atoms with Crippen LogP contribution in [0.15, 0.2) is 34.9 Å². The van der Waals surface area contributed by atoms with Crippen LogP contribution in [0.1, 0.15) is 59.5 Å². The molecule has 1 unspecified atom stereocenters. The molecule has 154 valence electrons. The standard InChI is InChI=1S/C21H27N5O3/c1-26-10-8-16(9-11-26)24-21(28)19(22)14-4-6-15(7-5-14)23-20(27)17-12-18(29-25-17)13-2-3-13/h4-7,12-13,16,19H,2-3,8-11,22H2,1H3,(H,23,27)(H,24,28). The van der Waals surface area contributed by atoms with Crippen LogP contribution in [0.25, 0.3) is 0 Å². The third-order valence-corrected chi connectivity index (χ3v) is 5.62. The first-order valence-corrected chi connectivity index (χ1v) is 10.1. The lowest BCUT2D eigenvalue weighted by Crippen LogP contribution is -2.46. The fraction of sp³-hybridized carbons (Fsp3) is 0.476. The first-order chi connectivity index (χ1) is 14.0. The summed E-state index contributed by atoms with van der Waals surface area (Å²) in [4.78, 5) is 27.0. The zero-order chi connectivity index (χ0) is 20.4. The zero-order valence-electron chi connectivity index (χ0n) is 16.6. The molecule has 2 amide bonds. The van der Waals surface area contributed by atoms with E-state index in [2.05, 4.69) is 27.7 Å². The number of carbonyl (C=O) groups is 2. The molecule has 8 heteroatoms. The normalized spacial score (nSPS) is 19.0. The number of benzene rings is 1. The molecule has 0 radical (unpaired) electrons. The van der Waals surface area contributed by atoms with Gasteiger partial charge in [-0.25, -0.2) is 0 Å². The number of piperidine rings is 1. The largest absolute Gasteiger partial charge is 0.360 e. The number of nitrogens with one attached hydrogen (secondary N) is 2. The van der Waals surface area contributed by atoms with E-state index in [0.29, 0.717) is 17.2 Å². The first kappa shape index (κ1) is 19.6. The molecule has 1 aromatic heterocycles. The van der Waals surface area contributed by atoms with Gasteiger partial charge in [-0.2, -0.15) is 0 Å². The van der Waals surface area contributed by atoms with Crippen LogP contribution >= 0.6 is 0 Å². The van der Waals surface area contributed by atoms with Gasteiger partial charge in [-0.15, -0.1) is 0 Å². The van der Waals surface area contributed by atoms with Crippen LogP contribution in [0, 0.1) is 0 Å². The summed E-state index contributed by atoms with van der Waals surface area (Å²) in [6.07, 6.45) is 4.04. The molecule has 2 fully saturated rings. The number of nitrogens with zero attached hydrogens (tertiary/aromatic N) is 2. The van der Waals surface area contributed by atoms with Crippen LogP contribution in [-0.4, -0.2) is 48.0 Å². The predicted molar refractivity (Wildman–Crippen MR) is 108 cm³/mol. The maximum absolute atomic E-state index is 12.5. The number of anilines is 1. The van der Waals surface area contributed by atoms with Gasteiger partial charge in [-0.1, -0.05) is 17.3 Å². The summed E-state index contributed by atoms with van der Waals surface area (Å²) in [6, 6.07) is 8.11. The molecule has 2 aliphatic rings. The summed E-state index contributed by atoms with van der Waals surface area (Å²) in [5, 5.41) is 9.67. The van der Waals surface area contributed by atoms with Crippen LogP contribution in [0.2, 0.25) is 0 Å². The maximum Gasteiger partial charge on any atom is 0.277 e. The minimum absolute atomic E-state index is 0.173. The predicted octanol–water partition coefficient (Wildman–Crippen LogP) is 2.01. The Morgan fingerprint density at radius 3 is 2.52 bits per heavy atom. The molecule has 1 aromatic carbocycles. The van der Waals surface area contributed by atoms with E-state index < -0.39 is 6.04 Å². The quantitative estimate of drug-likeness (QED) is 0.687. The van der Waals surface area contributed by atoms with E-state index in [9.17, 15) is 9.59 Å². The number of amides is 2. The Morgan fingerprint density at radius 2 is 1.86 bits per heavy atom. The van der Waals surface area contributed by atoms with Crippen molar-refractivity contribution in [2.24, 2.45) is 5.73 Å². The van der Waals surface area contributed by atoms with E-state index in [1.165, 1.54) is 0 Å². The summed E-state index contributed by atoms with van der Waals surface area (Å²) < 4.78 is 5.22. The van der Waals surface area contributed by atoms with Crippen molar-refractivity contribution in [2.45, 2.75) is 43.7 Å². The summed E-state index contributed by atoms with van der Waals surface area (Å²) in [6.45, 7) is 1.95. The summed E-state index contributed by atoms with van der Waals surface area (Å²) >= 11 is 0. The van der Waals surface area contributed by atoms with Crippen LogP contribution in [0.4, 0.5) is 5.69 Å². The van der Waals surface area contributed by atoms with E-state index in [0.717, 1.165) is 44.5 Å². The minimum atomic E-state index is -0.740. The van der Waals surface area contributed by atoms with Gasteiger partial charge in [0, 0.05) is 23.7 Å². The van der Waals surface area contributed by atoms with E-state index in [-0.39, 0.29) is 23.6 Å². The molecule has 0 spiro atoms. The van der Waals surface area contributed by atoms with Gasteiger partial charge in [-0.3, -0.25) is 9.59 Å². The molecule has 1 aliphatic heterocycles. The Labute approximate surface area is 169 Å². The van der Waals surface area contributed by atoms with E-state index in [4.69, 9.17) is 10.3 Å². The van der Waals surface area contributed by atoms with Crippen molar-refractivity contribution in [1.82, 2.24) is 15.4 Å². The lowest BCUT2D eigenvalue weighted by Gasteiger charge is -2.30. The Morgan fingerprint density at radius 1 is 1.17 bits per heavy atom. The number of nitrogens with two attached hydrogens (primary N) is 1. The van der Waals surface area contributed by atoms with E-state index in [1.54, 1.807) is 30.3 Å². The molecule has 29 heavy (non-hydrogen) atoms. The van der Waals surface area contributed by atoms with Gasteiger partial charge in [0.2, 0.25) is 5.91 Å². The van der Waals surface area contributed by atoms with Gasteiger partial charge in [-0.05, 0) is 63.5 Å². The molecule has 0 bridgehead atoms. The number of aromatic nitrogens is 1. The lowest BCUT2D eigenvalue weighted by molar-refractivity contribution is -0.123. The molecule has 2 aromatic rings.